The molecule has 0 aromatic rings. The van der Waals surface area contributed by atoms with Crippen LogP contribution in [-0.2, 0) is 4.79 Å². The van der Waals surface area contributed by atoms with Gasteiger partial charge in [0.15, 0.2) is 0 Å². The molecule has 20 heavy (non-hydrogen) atoms. The van der Waals surface area contributed by atoms with Crippen LogP contribution in [-0.4, -0.2) is 72.5 Å². The third-order valence-electron chi connectivity index (χ3n) is 5.36. The van der Waals surface area contributed by atoms with Crippen molar-refractivity contribution in [2.45, 2.75) is 45.1 Å². The number of rotatable bonds is 4. The Morgan fingerprint density at radius 2 is 1.70 bits per heavy atom. The number of likely N-dealkylation sites (tertiary alicyclic amines) is 3. The monoisotopic (exact) mass is 279 g/mol. The standard InChI is InChI=1S/C16H29N3O/c1-14(16(20)18-9-4-5-10-18)19-11-6-15(13-19)12-17-7-2-3-8-17/h14-15H,2-13H2,1H3/t14-,15+/m1/s1. The molecular formula is C16H29N3O. The highest BCUT2D eigenvalue weighted by molar-refractivity contribution is 5.81. The summed E-state index contributed by atoms with van der Waals surface area (Å²) in [5.74, 6) is 1.14. The van der Waals surface area contributed by atoms with Crippen molar-refractivity contribution in [3.63, 3.8) is 0 Å². The Hall–Kier alpha value is -0.610. The molecule has 1 amide bonds. The van der Waals surface area contributed by atoms with Crippen molar-refractivity contribution in [2.24, 2.45) is 5.92 Å². The van der Waals surface area contributed by atoms with Crippen LogP contribution in [0.2, 0.25) is 0 Å². The van der Waals surface area contributed by atoms with Crippen molar-refractivity contribution < 1.29 is 4.79 Å². The molecule has 0 radical (unpaired) electrons. The molecule has 4 heteroatoms. The van der Waals surface area contributed by atoms with Crippen molar-refractivity contribution in [3.8, 4) is 0 Å². The SMILES string of the molecule is C[C@H](C(=O)N1CCCC1)N1CC[C@@H](CN2CCCC2)C1. The van der Waals surface area contributed by atoms with E-state index in [2.05, 4.69) is 21.6 Å². The first-order chi connectivity index (χ1) is 9.74. The maximum atomic E-state index is 12.5. The Labute approximate surface area is 123 Å². The van der Waals surface area contributed by atoms with E-state index in [1.807, 2.05) is 0 Å². The van der Waals surface area contributed by atoms with E-state index in [9.17, 15) is 4.79 Å². The number of nitrogens with zero attached hydrogens (tertiary/aromatic N) is 3. The van der Waals surface area contributed by atoms with Gasteiger partial charge in [-0.3, -0.25) is 9.69 Å². The molecule has 114 valence electrons. The molecule has 3 aliphatic rings. The molecule has 0 aromatic heterocycles. The summed E-state index contributed by atoms with van der Waals surface area (Å²) in [6.45, 7) is 10.1. The molecule has 3 aliphatic heterocycles. The smallest absolute Gasteiger partial charge is 0.239 e. The minimum Gasteiger partial charge on any atom is -0.341 e. The first-order valence-electron chi connectivity index (χ1n) is 8.49. The van der Waals surface area contributed by atoms with E-state index < -0.39 is 0 Å². The Morgan fingerprint density at radius 3 is 2.40 bits per heavy atom. The number of carbonyl (C=O) groups excluding carboxylic acids is 1. The number of hydrogen-bond donors (Lipinski definition) is 0. The predicted octanol–water partition coefficient (Wildman–Crippen LogP) is 1.42. The van der Waals surface area contributed by atoms with Gasteiger partial charge in [0, 0.05) is 26.2 Å². The first-order valence-corrected chi connectivity index (χ1v) is 8.49. The van der Waals surface area contributed by atoms with Gasteiger partial charge in [0.05, 0.1) is 6.04 Å². The third kappa shape index (κ3) is 3.17. The van der Waals surface area contributed by atoms with Crippen LogP contribution in [0, 0.1) is 5.92 Å². The van der Waals surface area contributed by atoms with Crippen LogP contribution in [0.3, 0.4) is 0 Å². The van der Waals surface area contributed by atoms with Crippen molar-refractivity contribution in [1.82, 2.24) is 14.7 Å². The van der Waals surface area contributed by atoms with E-state index in [1.165, 1.54) is 51.7 Å². The molecule has 0 N–H and O–H groups in total. The average molecular weight is 279 g/mol. The van der Waals surface area contributed by atoms with Crippen LogP contribution in [0.15, 0.2) is 0 Å². The highest BCUT2D eigenvalue weighted by Gasteiger charge is 2.33. The van der Waals surface area contributed by atoms with Gasteiger partial charge in [0.2, 0.25) is 5.91 Å². The summed E-state index contributed by atoms with van der Waals surface area (Å²) in [4.78, 5) is 19.6. The topological polar surface area (TPSA) is 26.8 Å². The summed E-state index contributed by atoms with van der Waals surface area (Å²) in [7, 11) is 0. The van der Waals surface area contributed by atoms with E-state index in [-0.39, 0.29) is 6.04 Å². The second kappa shape index (κ2) is 6.44. The van der Waals surface area contributed by atoms with Crippen LogP contribution in [0.1, 0.15) is 39.0 Å². The van der Waals surface area contributed by atoms with Gasteiger partial charge in [-0.25, -0.2) is 0 Å². The van der Waals surface area contributed by atoms with Gasteiger partial charge in [-0.05, 0) is 64.6 Å². The van der Waals surface area contributed by atoms with Crippen LogP contribution in [0.4, 0.5) is 0 Å². The molecule has 0 bridgehead atoms. The maximum Gasteiger partial charge on any atom is 0.239 e. The largest absolute Gasteiger partial charge is 0.341 e. The average Bonchev–Trinajstić information content (AvgIpc) is 3.19. The van der Waals surface area contributed by atoms with E-state index >= 15 is 0 Å². The highest BCUT2D eigenvalue weighted by Crippen LogP contribution is 2.23. The number of amides is 1. The molecular weight excluding hydrogens is 250 g/mol. The summed E-state index contributed by atoms with van der Waals surface area (Å²) in [6, 6.07) is 0.0941. The minimum atomic E-state index is 0.0941. The maximum absolute atomic E-state index is 12.5. The predicted molar refractivity (Wildman–Crippen MR) is 80.6 cm³/mol. The van der Waals surface area contributed by atoms with E-state index in [4.69, 9.17) is 0 Å². The molecule has 0 unspecified atom stereocenters. The molecule has 3 fully saturated rings. The van der Waals surface area contributed by atoms with Gasteiger partial charge in [-0.1, -0.05) is 0 Å². The lowest BCUT2D eigenvalue weighted by molar-refractivity contribution is -0.135. The van der Waals surface area contributed by atoms with Gasteiger partial charge in [0.1, 0.15) is 0 Å². The molecule has 2 atom stereocenters. The molecule has 4 nitrogen and oxygen atoms in total. The lowest BCUT2D eigenvalue weighted by Gasteiger charge is -2.28. The van der Waals surface area contributed by atoms with E-state index in [0.29, 0.717) is 5.91 Å². The Bertz CT molecular complexity index is 335. The first kappa shape index (κ1) is 14.3. The van der Waals surface area contributed by atoms with Crippen molar-refractivity contribution in [2.75, 3.05) is 45.8 Å². The van der Waals surface area contributed by atoms with E-state index in [1.54, 1.807) is 0 Å². The van der Waals surface area contributed by atoms with Gasteiger partial charge in [-0.2, -0.15) is 0 Å². The van der Waals surface area contributed by atoms with Gasteiger partial charge < -0.3 is 9.80 Å². The van der Waals surface area contributed by atoms with Crippen molar-refractivity contribution >= 4 is 5.91 Å². The summed E-state index contributed by atoms with van der Waals surface area (Å²) >= 11 is 0. The normalized spacial score (nSPS) is 30.2. The van der Waals surface area contributed by atoms with Crippen LogP contribution < -0.4 is 0 Å². The molecule has 3 heterocycles. The minimum absolute atomic E-state index is 0.0941. The summed E-state index contributed by atoms with van der Waals surface area (Å²) in [5, 5.41) is 0. The van der Waals surface area contributed by atoms with Crippen molar-refractivity contribution in [1.29, 1.82) is 0 Å². The zero-order valence-electron chi connectivity index (χ0n) is 12.9. The van der Waals surface area contributed by atoms with E-state index in [0.717, 1.165) is 32.1 Å². The lowest BCUT2D eigenvalue weighted by atomic mass is 10.1. The molecule has 0 aliphatic carbocycles. The fourth-order valence-electron chi connectivity index (χ4n) is 4.05. The Morgan fingerprint density at radius 1 is 1.05 bits per heavy atom. The molecule has 0 aromatic carbocycles. The lowest BCUT2D eigenvalue weighted by Crippen LogP contribution is -2.45. The van der Waals surface area contributed by atoms with Crippen LogP contribution in [0.5, 0.6) is 0 Å². The zero-order valence-corrected chi connectivity index (χ0v) is 12.9. The fourth-order valence-corrected chi connectivity index (χ4v) is 4.05. The third-order valence-corrected chi connectivity index (χ3v) is 5.36. The molecule has 3 saturated heterocycles. The number of carbonyl (C=O) groups is 1. The summed E-state index contributed by atoms with van der Waals surface area (Å²) < 4.78 is 0. The van der Waals surface area contributed by atoms with Gasteiger partial charge >= 0.3 is 0 Å². The summed E-state index contributed by atoms with van der Waals surface area (Å²) in [6.07, 6.45) is 6.40. The fraction of sp³-hybridized carbons (Fsp3) is 0.938. The Kier molecular flexibility index (Phi) is 4.61. The second-order valence-corrected chi connectivity index (χ2v) is 6.87. The second-order valence-electron chi connectivity index (χ2n) is 6.87. The van der Waals surface area contributed by atoms with Crippen LogP contribution in [0.25, 0.3) is 0 Å². The molecule has 0 spiro atoms. The van der Waals surface area contributed by atoms with Gasteiger partial charge in [0.25, 0.3) is 0 Å². The highest BCUT2D eigenvalue weighted by atomic mass is 16.2. The van der Waals surface area contributed by atoms with Gasteiger partial charge in [-0.15, -0.1) is 0 Å². The van der Waals surface area contributed by atoms with Crippen molar-refractivity contribution in [3.05, 3.63) is 0 Å². The number of hydrogen-bond acceptors (Lipinski definition) is 3. The summed E-state index contributed by atoms with van der Waals surface area (Å²) in [5.41, 5.74) is 0. The quantitative estimate of drug-likeness (QED) is 0.778. The molecule has 3 rings (SSSR count). The molecule has 0 saturated carbocycles. The Balaban J connectivity index is 1.47. The van der Waals surface area contributed by atoms with Crippen LogP contribution >= 0.6 is 0 Å². The zero-order chi connectivity index (χ0) is 13.9.